The van der Waals surface area contributed by atoms with Crippen LogP contribution in [0.4, 0.5) is 4.39 Å². The molecule has 1 N–H and O–H groups in total. The molecule has 114 valence electrons. The molecular weight excluding hydrogens is 293 g/mol. The maximum absolute atomic E-state index is 13.3. The first kappa shape index (κ1) is 15.9. The van der Waals surface area contributed by atoms with E-state index < -0.39 is 0 Å². The van der Waals surface area contributed by atoms with Gasteiger partial charge in [0.05, 0.1) is 0 Å². The number of nitrogens with one attached hydrogen (secondary N) is 1. The molecule has 0 amide bonds. The molecule has 1 aliphatic heterocycles. The highest BCUT2D eigenvalue weighted by Gasteiger charge is 2.25. The number of halogens is 2. The fourth-order valence-corrected chi connectivity index (χ4v) is 2.66. The van der Waals surface area contributed by atoms with E-state index >= 15 is 0 Å². The van der Waals surface area contributed by atoms with Crippen LogP contribution in [0.1, 0.15) is 37.1 Å². The highest BCUT2D eigenvalue weighted by molar-refractivity contribution is 5.85. The van der Waals surface area contributed by atoms with Crippen LogP contribution >= 0.6 is 12.4 Å². The second-order valence-electron chi connectivity index (χ2n) is 5.50. The van der Waals surface area contributed by atoms with Crippen LogP contribution < -0.4 is 5.32 Å². The largest absolute Gasteiger partial charge is 0.339 e. The fraction of sp³-hybridized carbons (Fsp3) is 0.467. The zero-order valence-electron chi connectivity index (χ0n) is 12.1. The molecule has 3 rings (SSSR count). The summed E-state index contributed by atoms with van der Waals surface area (Å²) in [6.45, 7) is 4.86. The molecule has 1 saturated heterocycles. The van der Waals surface area contributed by atoms with Gasteiger partial charge in [-0.05, 0) is 57.0 Å². The van der Waals surface area contributed by atoms with Crippen LogP contribution in [0.5, 0.6) is 0 Å². The summed E-state index contributed by atoms with van der Waals surface area (Å²) in [7, 11) is 0. The van der Waals surface area contributed by atoms with Crippen molar-refractivity contribution >= 4 is 12.4 Å². The van der Waals surface area contributed by atoms with Crippen molar-refractivity contribution in [1.29, 1.82) is 0 Å². The summed E-state index contributed by atoms with van der Waals surface area (Å²) in [4.78, 5) is 4.48. The molecule has 1 aromatic carbocycles. The van der Waals surface area contributed by atoms with Crippen molar-refractivity contribution in [3.05, 3.63) is 35.5 Å². The topological polar surface area (TPSA) is 51.0 Å². The molecule has 1 fully saturated rings. The van der Waals surface area contributed by atoms with Crippen LogP contribution in [0.2, 0.25) is 0 Å². The van der Waals surface area contributed by atoms with Crippen LogP contribution in [-0.2, 0) is 0 Å². The lowest BCUT2D eigenvalue weighted by Gasteiger charge is -2.25. The van der Waals surface area contributed by atoms with Gasteiger partial charge < -0.3 is 9.84 Å². The molecule has 2 heterocycles. The fourth-order valence-electron chi connectivity index (χ4n) is 2.66. The molecule has 21 heavy (non-hydrogen) atoms. The number of rotatable bonds is 2. The molecule has 1 aliphatic rings. The molecule has 2 aromatic rings. The molecule has 0 spiro atoms. The summed E-state index contributed by atoms with van der Waals surface area (Å²) in [6, 6.07) is 5.34. The highest BCUT2D eigenvalue weighted by Crippen LogP contribution is 2.28. The Bertz CT molecular complexity index is 617. The lowest BCUT2D eigenvalue weighted by molar-refractivity contribution is 0.295. The van der Waals surface area contributed by atoms with Crippen molar-refractivity contribution in [1.82, 2.24) is 15.5 Å². The maximum atomic E-state index is 13.3. The Morgan fingerprint density at radius 1 is 1.38 bits per heavy atom. The predicted molar refractivity (Wildman–Crippen MR) is 81.1 cm³/mol. The van der Waals surface area contributed by atoms with Gasteiger partial charge in [0.15, 0.2) is 0 Å². The number of aromatic nitrogens is 2. The molecule has 6 heteroatoms. The Labute approximate surface area is 129 Å². The Balaban J connectivity index is 0.00000161. The summed E-state index contributed by atoms with van der Waals surface area (Å²) < 4.78 is 18.7. The molecule has 2 atom stereocenters. The monoisotopic (exact) mass is 311 g/mol. The highest BCUT2D eigenvalue weighted by atomic mass is 35.5. The predicted octanol–water partition coefficient (Wildman–Crippen LogP) is 3.46. The van der Waals surface area contributed by atoms with E-state index in [1.165, 1.54) is 6.07 Å². The smallest absolute Gasteiger partial charge is 0.230 e. The number of benzene rings is 1. The first-order chi connectivity index (χ1) is 9.63. The van der Waals surface area contributed by atoms with Crippen molar-refractivity contribution in [3.63, 3.8) is 0 Å². The molecule has 1 aromatic heterocycles. The van der Waals surface area contributed by atoms with E-state index in [-0.39, 0.29) is 18.2 Å². The summed E-state index contributed by atoms with van der Waals surface area (Å²) in [5.41, 5.74) is 1.38. The average molecular weight is 312 g/mol. The first-order valence-electron chi connectivity index (χ1n) is 6.97. The molecule has 0 unspecified atom stereocenters. The normalized spacial score (nSPS) is 21.9. The van der Waals surface area contributed by atoms with Crippen molar-refractivity contribution in [2.75, 3.05) is 6.54 Å². The van der Waals surface area contributed by atoms with E-state index in [0.29, 0.717) is 29.2 Å². The average Bonchev–Trinajstić information content (AvgIpc) is 2.92. The minimum absolute atomic E-state index is 0. The standard InChI is InChI=1S/C15H18FN3O.ClH/c1-9-7-11(3-4-13(9)16)14-18-15(20-19-14)12-5-6-17-10(2)8-12;/h3-4,7,10,12,17H,5-6,8H2,1-2H3;1H/t10-,12-;/m0./s1. The van der Waals surface area contributed by atoms with Gasteiger partial charge in [-0.2, -0.15) is 4.98 Å². The minimum atomic E-state index is -0.218. The molecule has 0 bridgehead atoms. The number of hydrogen-bond donors (Lipinski definition) is 1. The van der Waals surface area contributed by atoms with E-state index in [0.717, 1.165) is 24.9 Å². The molecular formula is C15H19ClFN3O. The first-order valence-corrected chi connectivity index (χ1v) is 6.97. The third kappa shape index (κ3) is 3.41. The van der Waals surface area contributed by atoms with Gasteiger partial charge in [0, 0.05) is 17.5 Å². The number of nitrogens with zero attached hydrogens (tertiary/aromatic N) is 2. The summed E-state index contributed by atoms with van der Waals surface area (Å²) in [5.74, 6) is 1.32. The number of hydrogen-bond acceptors (Lipinski definition) is 4. The Morgan fingerprint density at radius 2 is 2.19 bits per heavy atom. The van der Waals surface area contributed by atoms with Gasteiger partial charge in [0.25, 0.3) is 0 Å². The van der Waals surface area contributed by atoms with Crippen LogP contribution in [0, 0.1) is 12.7 Å². The van der Waals surface area contributed by atoms with Gasteiger partial charge in [0.2, 0.25) is 11.7 Å². The van der Waals surface area contributed by atoms with E-state index in [4.69, 9.17) is 4.52 Å². The van der Waals surface area contributed by atoms with Gasteiger partial charge in [-0.3, -0.25) is 0 Å². The van der Waals surface area contributed by atoms with E-state index in [1.54, 1.807) is 19.1 Å². The van der Waals surface area contributed by atoms with Gasteiger partial charge in [0.1, 0.15) is 5.82 Å². The van der Waals surface area contributed by atoms with Crippen LogP contribution in [0.25, 0.3) is 11.4 Å². The Morgan fingerprint density at radius 3 is 2.90 bits per heavy atom. The van der Waals surface area contributed by atoms with Gasteiger partial charge in [-0.1, -0.05) is 5.16 Å². The number of piperidine rings is 1. The molecule has 4 nitrogen and oxygen atoms in total. The van der Waals surface area contributed by atoms with Crippen molar-refractivity contribution < 1.29 is 8.91 Å². The van der Waals surface area contributed by atoms with Crippen LogP contribution in [-0.4, -0.2) is 22.7 Å². The zero-order chi connectivity index (χ0) is 14.1. The number of aryl methyl sites for hydroxylation is 1. The van der Waals surface area contributed by atoms with Crippen molar-refractivity contribution in [2.45, 2.75) is 38.6 Å². The minimum Gasteiger partial charge on any atom is -0.339 e. The third-order valence-electron chi connectivity index (χ3n) is 3.83. The molecule has 0 radical (unpaired) electrons. The van der Waals surface area contributed by atoms with E-state index in [9.17, 15) is 4.39 Å². The second-order valence-corrected chi connectivity index (χ2v) is 5.50. The van der Waals surface area contributed by atoms with Crippen LogP contribution in [0.15, 0.2) is 22.7 Å². The third-order valence-corrected chi connectivity index (χ3v) is 3.83. The lowest BCUT2D eigenvalue weighted by atomic mass is 9.93. The van der Waals surface area contributed by atoms with Gasteiger partial charge >= 0.3 is 0 Å². The second kappa shape index (κ2) is 6.54. The van der Waals surface area contributed by atoms with Crippen molar-refractivity contribution in [3.8, 4) is 11.4 Å². The lowest BCUT2D eigenvalue weighted by Crippen LogP contribution is -2.34. The zero-order valence-corrected chi connectivity index (χ0v) is 12.9. The molecule has 0 saturated carbocycles. The Kier molecular flexibility index (Phi) is 4.96. The quantitative estimate of drug-likeness (QED) is 0.922. The summed E-state index contributed by atoms with van der Waals surface area (Å²) in [5, 5.41) is 7.43. The van der Waals surface area contributed by atoms with E-state index in [2.05, 4.69) is 22.4 Å². The maximum Gasteiger partial charge on any atom is 0.230 e. The summed E-state index contributed by atoms with van der Waals surface area (Å²) >= 11 is 0. The summed E-state index contributed by atoms with van der Waals surface area (Å²) in [6.07, 6.45) is 2.01. The van der Waals surface area contributed by atoms with Crippen LogP contribution in [0.3, 0.4) is 0 Å². The molecule has 0 aliphatic carbocycles. The van der Waals surface area contributed by atoms with Crippen molar-refractivity contribution in [2.24, 2.45) is 0 Å². The SMILES string of the molecule is Cc1cc(-c2noc([C@H]3CCN[C@@H](C)C3)n2)ccc1F.Cl. The van der Waals surface area contributed by atoms with E-state index in [1.807, 2.05) is 0 Å². The van der Waals surface area contributed by atoms with Gasteiger partial charge in [-0.25, -0.2) is 4.39 Å². The van der Waals surface area contributed by atoms with Gasteiger partial charge in [-0.15, -0.1) is 12.4 Å². The Hall–Kier alpha value is -1.46.